The highest BCUT2D eigenvalue weighted by molar-refractivity contribution is 6.04. The summed E-state index contributed by atoms with van der Waals surface area (Å²) < 4.78 is 0. The summed E-state index contributed by atoms with van der Waals surface area (Å²) in [5.74, 6) is -1.32. The fraction of sp³-hybridized carbons (Fsp3) is 0.625. The van der Waals surface area contributed by atoms with Crippen LogP contribution in [-0.2, 0) is 14.4 Å². The second kappa shape index (κ2) is 3.75. The Hall–Kier alpha value is -1.43. The molecular weight excluding hydrogens is 186 g/mol. The van der Waals surface area contributed by atoms with Crippen molar-refractivity contribution in [1.82, 2.24) is 10.2 Å². The summed E-state index contributed by atoms with van der Waals surface area (Å²) in [7, 11) is 0. The first-order valence-corrected chi connectivity index (χ1v) is 4.33. The van der Waals surface area contributed by atoms with Crippen LogP contribution in [0.2, 0.25) is 0 Å². The minimum absolute atomic E-state index is 0.104. The molecule has 1 unspecified atom stereocenters. The molecule has 1 heterocycles. The topological polar surface area (TPSA) is 92.5 Å². The minimum atomic E-state index is -0.698. The van der Waals surface area contributed by atoms with E-state index in [1.54, 1.807) is 6.92 Å². The van der Waals surface area contributed by atoms with E-state index in [1.807, 2.05) is 0 Å². The third-order valence-corrected chi connectivity index (χ3v) is 2.10. The number of rotatable bonds is 1. The van der Waals surface area contributed by atoms with Crippen LogP contribution in [0, 0.1) is 0 Å². The van der Waals surface area contributed by atoms with Gasteiger partial charge in [0.2, 0.25) is 17.7 Å². The minimum Gasteiger partial charge on any atom is -0.320 e. The van der Waals surface area contributed by atoms with Gasteiger partial charge in [-0.25, -0.2) is 0 Å². The van der Waals surface area contributed by atoms with Gasteiger partial charge in [-0.1, -0.05) is 0 Å². The molecule has 78 valence electrons. The molecule has 1 rings (SSSR count). The number of hydrogen-bond donors (Lipinski definition) is 2. The zero-order valence-electron chi connectivity index (χ0n) is 8.11. The lowest BCUT2D eigenvalue weighted by Crippen LogP contribution is -2.60. The molecule has 2 atom stereocenters. The summed E-state index contributed by atoms with van der Waals surface area (Å²) in [5, 5.41) is 2.14. The lowest BCUT2D eigenvalue weighted by molar-refractivity contribution is -0.149. The van der Waals surface area contributed by atoms with Crippen LogP contribution in [0.4, 0.5) is 0 Å². The quantitative estimate of drug-likeness (QED) is 0.488. The molecule has 0 saturated carbocycles. The van der Waals surface area contributed by atoms with Crippen molar-refractivity contribution in [2.75, 3.05) is 6.54 Å². The summed E-state index contributed by atoms with van der Waals surface area (Å²) in [6.45, 7) is 2.97. The van der Waals surface area contributed by atoms with Crippen molar-refractivity contribution in [3.05, 3.63) is 0 Å². The van der Waals surface area contributed by atoms with Gasteiger partial charge in [-0.3, -0.25) is 19.7 Å². The highest BCUT2D eigenvalue weighted by atomic mass is 16.2. The number of carbonyl (C=O) groups is 3. The van der Waals surface area contributed by atoms with Crippen molar-refractivity contribution in [2.24, 2.45) is 5.73 Å². The Balaban J connectivity index is 2.81. The van der Waals surface area contributed by atoms with Gasteiger partial charge in [-0.15, -0.1) is 0 Å². The van der Waals surface area contributed by atoms with Gasteiger partial charge in [0.25, 0.3) is 0 Å². The van der Waals surface area contributed by atoms with Crippen molar-refractivity contribution < 1.29 is 14.4 Å². The Labute approximate surface area is 81.4 Å². The molecule has 0 spiro atoms. The van der Waals surface area contributed by atoms with Crippen LogP contribution in [-0.4, -0.2) is 41.2 Å². The summed E-state index contributed by atoms with van der Waals surface area (Å²) in [4.78, 5) is 34.8. The van der Waals surface area contributed by atoms with E-state index in [0.717, 1.165) is 0 Å². The average Bonchev–Trinajstić information content (AvgIpc) is 2.09. The fourth-order valence-electron chi connectivity index (χ4n) is 1.24. The molecule has 6 heteroatoms. The van der Waals surface area contributed by atoms with Crippen LogP contribution >= 0.6 is 0 Å². The zero-order chi connectivity index (χ0) is 10.9. The van der Waals surface area contributed by atoms with E-state index < -0.39 is 23.9 Å². The normalized spacial score (nSPS) is 24.5. The number of piperazine rings is 1. The van der Waals surface area contributed by atoms with E-state index in [2.05, 4.69) is 5.32 Å². The molecule has 0 aromatic heterocycles. The van der Waals surface area contributed by atoms with E-state index in [1.165, 1.54) is 11.8 Å². The number of nitrogens with two attached hydrogens (primary N) is 1. The molecule has 0 aromatic rings. The van der Waals surface area contributed by atoms with Gasteiger partial charge in [0.05, 0.1) is 6.04 Å². The molecule has 0 radical (unpaired) electrons. The molecule has 0 aliphatic carbocycles. The molecule has 0 bridgehead atoms. The molecule has 1 fully saturated rings. The molecular formula is C8H13N3O3. The van der Waals surface area contributed by atoms with Crippen molar-refractivity contribution in [3.63, 3.8) is 0 Å². The van der Waals surface area contributed by atoms with E-state index in [0.29, 0.717) is 0 Å². The smallest absolute Gasteiger partial charge is 0.249 e. The van der Waals surface area contributed by atoms with Gasteiger partial charge in [0.1, 0.15) is 12.6 Å². The van der Waals surface area contributed by atoms with Crippen LogP contribution < -0.4 is 11.1 Å². The Morgan fingerprint density at radius 3 is 2.71 bits per heavy atom. The number of nitrogens with one attached hydrogen (secondary N) is 1. The summed E-state index contributed by atoms with van der Waals surface area (Å²) in [6, 6.07) is -1.33. The molecule has 0 aromatic carbocycles. The molecule has 6 nitrogen and oxygen atoms in total. The average molecular weight is 199 g/mol. The zero-order valence-corrected chi connectivity index (χ0v) is 8.11. The maximum absolute atomic E-state index is 11.5. The van der Waals surface area contributed by atoms with Gasteiger partial charge >= 0.3 is 0 Å². The largest absolute Gasteiger partial charge is 0.320 e. The Bertz CT molecular complexity index is 288. The summed E-state index contributed by atoms with van der Waals surface area (Å²) in [6.07, 6.45) is 0. The van der Waals surface area contributed by atoms with Crippen LogP contribution in [0.15, 0.2) is 0 Å². The lowest BCUT2D eigenvalue weighted by atomic mass is 10.1. The van der Waals surface area contributed by atoms with E-state index >= 15 is 0 Å². The second-order valence-corrected chi connectivity index (χ2v) is 3.34. The van der Waals surface area contributed by atoms with Gasteiger partial charge in [0, 0.05) is 0 Å². The predicted molar refractivity (Wildman–Crippen MR) is 48.0 cm³/mol. The maximum atomic E-state index is 11.5. The van der Waals surface area contributed by atoms with Crippen LogP contribution in [0.25, 0.3) is 0 Å². The maximum Gasteiger partial charge on any atom is 0.249 e. The van der Waals surface area contributed by atoms with Crippen molar-refractivity contribution >= 4 is 17.7 Å². The fourth-order valence-corrected chi connectivity index (χ4v) is 1.24. The van der Waals surface area contributed by atoms with E-state index in [4.69, 9.17) is 5.73 Å². The Morgan fingerprint density at radius 2 is 2.21 bits per heavy atom. The molecule has 1 aliphatic heterocycles. The highest BCUT2D eigenvalue weighted by Gasteiger charge is 2.34. The number of carbonyl (C=O) groups excluding carboxylic acids is 3. The number of imide groups is 1. The number of hydrogen-bond acceptors (Lipinski definition) is 4. The summed E-state index contributed by atoms with van der Waals surface area (Å²) >= 11 is 0. The first-order valence-electron chi connectivity index (χ1n) is 4.33. The second-order valence-electron chi connectivity index (χ2n) is 3.34. The van der Waals surface area contributed by atoms with Crippen LogP contribution in [0.3, 0.4) is 0 Å². The van der Waals surface area contributed by atoms with Crippen molar-refractivity contribution in [2.45, 2.75) is 25.9 Å². The van der Waals surface area contributed by atoms with Crippen LogP contribution in [0.5, 0.6) is 0 Å². The SMILES string of the molecule is CC1C(=O)NC(=O)CN1C(=O)[C@H](C)N. The molecule has 3 amide bonds. The molecule has 1 aliphatic rings. The lowest BCUT2D eigenvalue weighted by Gasteiger charge is -2.32. The van der Waals surface area contributed by atoms with E-state index in [9.17, 15) is 14.4 Å². The standard InChI is InChI=1S/C8H13N3O3/c1-4(9)8(14)11-3-6(12)10-7(13)5(11)2/h4-5H,3,9H2,1-2H3,(H,10,12,13)/t4-,5?/m0/s1. The monoisotopic (exact) mass is 199 g/mol. The first kappa shape index (κ1) is 10.6. The molecule has 3 N–H and O–H groups in total. The Morgan fingerprint density at radius 1 is 1.64 bits per heavy atom. The molecule has 14 heavy (non-hydrogen) atoms. The number of nitrogens with zero attached hydrogens (tertiary/aromatic N) is 1. The summed E-state index contributed by atoms with van der Waals surface area (Å²) in [5.41, 5.74) is 5.39. The van der Waals surface area contributed by atoms with Crippen molar-refractivity contribution in [1.29, 1.82) is 0 Å². The number of amides is 3. The molecule has 1 saturated heterocycles. The Kier molecular flexibility index (Phi) is 2.85. The highest BCUT2D eigenvalue weighted by Crippen LogP contribution is 2.06. The van der Waals surface area contributed by atoms with Gasteiger partial charge in [-0.2, -0.15) is 0 Å². The van der Waals surface area contributed by atoms with E-state index in [-0.39, 0.29) is 12.5 Å². The predicted octanol–water partition coefficient (Wildman–Crippen LogP) is -1.79. The van der Waals surface area contributed by atoms with Gasteiger partial charge in [0.15, 0.2) is 0 Å². The van der Waals surface area contributed by atoms with Gasteiger partial charge in [-0.05, 0) is 13.8 Å². The van der Waals surface area contributed by atoms with Crippen LogP contribution in [0.1, 0.15) is 13.8 Å². The van der Waals surface area contributed by atoms with Crippen molar-refractivity contribution in [3.8, 4) is 0 Å². The third kappa shape index (κ3) is 1.90. The third-order valence-electron chi connectivity index (χ3n) is 2.10. The van der Waals surface area contributed by atoms with Gasteiger partial charge < -0.3 is 10.6 Å². The first-order chi connectivity index (χ1) is 6.43.